The van der Waals surface area contributed by atoms with Gasteiger partial charge in [-0.2, -0.15) is 0 Å². The predicted octanol–water partition coefficient (Wildman–Crippen LogP) is 3.50. The van der Waals surface area contributed by atoms with Crippen LogP contribution in [0.15, 0.2) is 18.2 Å². The molecule has 1 aliphatic carbocycles. The van der Waals surface area contributed by atoms with E-state index >= 15 is 0 Å². The van der Waals surface area contributed by atoms with Gasteiger partial charge in [-0.1, -0.05) is 24.1 Å². The molecule has 0 saturated heterocycles. The Bertz CT molecular complexity index is 558. The van der Waals surface area contributed by atoms with Crippen molar-refractivity contribution in [2.75, 3.05) is 11.9 Å². The first-order valence-electron chi connectivity index (χ1n) is 7.16. The molecule has 1 aromatic carbocycles. The fourth-order valence-electron chi connectivity index (χ4n) is 2.83. The summed E-state index contributed by atoms with van der Waals surface area (Å²) in [5, 5.41) is 9.74. The number of carboxylic acids is 1. The van der Waals surface area contributed by atoms with Crippen molar-refractivity contribution in [3.8, 4) is 0 Å². The van der Waals surface area contributed by atoms with Gasteiger partial charge in [-0.3, -0.25) is 9.59 Å². The van der Waals surface area contributed by atoms with Crippen molar-refractivity contribution in [3.05, 3.63) is 28.8 Å². The van der Waals surface area contributed by atoms with Gasteiger partial charge in [-0.15, -0.1) is 0 Å². The van der Waals surface area contributed by atoms with Crippen LogP contribution in [-0.2, 0) is 9.59 Å². The van der Waals surface area contributed by atoms with Crippen molar-refractivity contribution in [1.29, 1.82) is 0 Å². The van der Waals surface area contributed by atoms with E-state index in [1.165, 1.54) is 0 Å². The number of nitrogens with zero attached hydrogens (tertiary/aromatic N) is 1. The number of carbonyl (C=O) groups is 2. The number of anilines is 1. The highest BCUT2D eigenvalue weighted by Crippen LogP contribution is 2.32. The number of halogens is 1. The van der Waals surface area contributed by atoms with Crippen LogP contribution in [0.3, 0.4) is 0 Å². The Hall–Kier alpha value is -1.55. The molecule has 2 rings (SSSR count). The number of carboxylic acid groups (broad SMARTS) is 1. The topological polar surface area (TPSA) is 57.6 Å². The molecule has 1 saturated carbocycles. The second kappa shape index (κ2) is 6.48. The fourth-order valence-corrected chi connectivity index (χ4v) is 3.00. The lowest BCUT2D eigenvalue weighted by atomic mass is 9.80. The number of benzene rings is 1. The molecule has 2 unspecified atom stereocenters. The van der Waals surface area contributed by atoms with Gasteiger partial charge in [-0.05, 0) is 43.9 Å². The van der Waals surface area contributed by atoms with E-state index in [1.54, 1.807) is 18.0 Å². The summed E-state index contributed by atoms with van der Waals surface area (Å²) in [7, 11) is 1.72. The highest BCUT2D eigenvalue weighted by atomic mass is 35.5. The first-order valence-corrected chi connectivity index (χ1v) is 7.54. The Labute approximate surface area is 129 Å². The second-order valence-electron chi connectivity index (χ2n) is 5.73. The Morgan fingerprint density at radius 2 is 1.95 bits per heavy atom. The maximum Gasteiger partial charge on any atom is 0.306 e. The molecule has 1 fully saturated rings. The normalized spacial score (nSPS) is 21.9. The van der Waals surface area contributed by atoms with Crippen molar-refractivity contribution >= 4 is 29.2 Å². The van der Waals surface area contributed by atoms with Gasteiger partial charge in [0.25, 0.3) is 0 Å². The highest BCUT2D eigenvalue weighted by molar-refractivity contribution is 6.31. The number of hydrogen-bond acceptors (Lipinski definition) is 2. The zero-order valence-corrected chi connectivity index (χ0v) is 13.1. The van der Waals surface area contributed by atoms with E-state index in [1.807, 2.05) is 19.1 Å². The smallest absolute Gasteiger partial charge is 0.306 e. The van der Waals surface area contributed by atoms with E-state index in [0.717, 1.165) is 24.1 Å². The minimum Gasteiger partial charge on any atom is -0.481 e. The summed E-state index contributed by atoms with van der Waals surface area (Å²) < 4.78 is 0. The van der Waals surface area contributed by atoms with E-state index in [0.29, 0.717) is 17.9 Å². The van der Waals surface area contributed by atoms with E-state index in [9.17, 15) is 9.59 Å². The minimum absolute atomic E-state index is 0.0270. The summed E-state index contributed by atoms with van der Waals surface area (Å²) in [6.07, 6.45) is 2.64. The first kappa shape index (κ1) is 15.8. The van der Waals surface area contributed by atoms with Crippen LogP contribution >= 0.6 is 11.6 Å². The molecule has 21 heavy (non-hydrogen) atoms. The van der Waals surface area contributed by atoms with Crippen LogP contribution in [0.5, 0.6) is 0 Å². The van der Waals surface area contributed by atoms with Gasteiger partial charge in [0.1, 0.15) is 0 Å². The molecule has 0 radical (unpaired) electrons. The molecule has 0 aliphatic heterocycles. The molecule has 2 atom stereocenters. The Kier molecular flexibility index (Phi) is 4.88. The number of aryl methyl sites for hydroxylation is 1. The lowest BCUT2D eigenvalue weighted by molar-refractivity contribution is -0.143. The number of amides is 1. The summed E-state index contributed by atoms with van der Waals surface area (Å²) in [5.41, 5.74) is 1.71. The number of rotatable bonds is 3. The van der Waals surface area contributed by atoms with Crippen molar-refractivity contribution in [2.45, 2.75) is 32.6 Å². The second-order valence-corrected chi connectivity index (χ2v) is 6.14. The molecule has 0 aromatic heterocycles. The molecule has 4 nitrogen and oxygen atoms in total. The minimum atomic E-state index is -0.798. The summed E-state index contributed by atoms with van der Waals surface area (Å²) in [6.45, 7) is 1.91. The van der Waals surface area contributed by atoms with Crippen LogP contribution in [0.1, 0.15) is 31.2 Å². The van der Waals surface area contributed by atoms with Gasteiger partial charge in [0.15, 0.2) is 0 Å². The van der Waals surface area contributed by atoms with Crippen LogP contribution in [0.2, 0.25) is 5.02 Å². The zero-order valence-electron chi connectivity index (χ0n) is 12.3. The fraction of sp³-hybridized carbons (Fsp3) is 0.500. The van der Waals surface area contributed by atoms with Gasteiger partial charge in [-0.25, -0.2) is 0 Å². The molecular weight excluding hydrogens is 290 g/mol. The molecule has 0 heterocycles. The van der Waals surface area contributed by atoms with Gasteiger partial charge in [0, 0.05) is 23.7 Å². The van der Waals surface area contributed by atoms with Gasteiger partial charge in [0.2, 0.25) is 5.91 Å². The summed E-state index contributed by atoms with van der Waals surface area (Å²) >= 11 is 6.10. The van der Waals surface area contributed by atoms with E-state index in [4.69, 9.17) is 16.7 Å². The molecule has 1 N–H and O–H groups in total. The number of hydrogen-bond donors (Lipinski definition) is 1. The molecule has 1 aliphatic rings. The third-order valence-electron chi connectivity index (χ3n) is 4.25. The van der Waals surface area contributed by atoms with E-state index in [-0.39, 0.29) is 11.8 Å². The molecule has 114 valence electrons. The predicted molar refractivity (Wildman–Crippen MR) is 82.7 cm³/mol. The summed E-state index contributed by atoms with van der Waals surface area (Å²) in [4.78, 5) is 25.2. The summed E-state index contributed by atoms with van der Waals surface area (Å²) in [6, 6.07) is 5.51. The molecule has 0 spiro atoms. The monoisotopic (exact) mass is 309 g/mol. The molecular formula is C16H20ClNO3. The van der Waals surface area contributed by atoms with Gasteiger partial charge < -0.3 is 10.0 Å². The highest BCUT2D eigenvalue weighted by Gasteiger charge is 2.32. The maximum atomic E-state index is 12.6. The van der Waals surface area contributed by atoms with Crippen molar-refractivity contribution in [2.24, 2.45) is 11.8 Å². The Balaban J connectivity index is 2.11. The Morgan fingerprint density at radius 1 is 1.29 bits per heavy atom. The first-order chi connectivity index (χ1) is 9.90. The summed E-state index contributed by atoms with van der Waals surface area (Å²) in [5.74, 6) is -1.44. The van der Waals surface area contributed by atoms with Crippen LogP contribution in [-0.4, -0.2) is 24.0 Å². The Morgan fingerprint density at radius 3 is 2.57 bits per heavy atom. The van der Waals surface area contributed by atoms with Gasteiger partial charge >= 0.3 is 5.97 Å². The number of carbonyl (C=O) groups excluding carboxylic acids is 1. The van der Waals surface area contributed by atoms with Crippen LogP contribution in [0, 0.1) is 18.8 Å². The van der Waals surface area contributed by atoms with Crippen LogP contribution < -0.4 is 4.90 Å². The quantitative estimate of drug-likeness (QED) is 0.929. The van der Waals surface area contributed by atoms with Crippen LogP contribution in [0.25, 0.3) is 0 Å². The molecule has 0 bridgehead atoms. The third-order valence-corrected chi connectivity index (χ3v) is 4.65. The average molecular weight is 310 g/mol. The zero-order chi connectivity index (χ0) is 15.6. The standard InChI is InChI=1S/C16H20ClNO3/c1-10-6-7-13(9-14(10)17)18(2)15(19)11-4-3-5-12(8-11)16(20)21/h6-7,9,11-12H,3-5,8H2,1-2H3,(H,20,21). The SMILES string of the molecule is Cc1ccc(N(C)C(=O)C2CCCC(C(=O)O)C2)cc1Cl. The lowest BCUT2D eigenvalue weighted by Gasteiger charge is -2.29. The number of aliphatic carboxylic acids is 1. The largest absolute Gasteiger partial charge is 0.481 e. The third kappa shape index (κ3) is 3.56. The molecule has 1 amide bonds. The molecule has 1 aromatic rings. The lowest BCUT2D eigenvalue weighted by Crippen LogP contribution is -2.36. The maximum absolute atomic E-state index is 12.6. The van der Waals surface area contributed by atoms with E-state index in [2.05, 4.69) is 0 Å². The van der Waals surface area contributed by atoms with Crippen molar-refractivity contribution in [3.63, 3.8) is 0 Å². The van der Waals surface area contributed by atoms with Crippen molar-refractivity contribution in [1.82, 2.24) is 0 Å². The van der Waals surface area contributed by atoms with Crippen molar-refractivity contribution < 1.29 is 14.7 Å². The van der Waals surface area contributed by atoms with Crippen LogP contribution in [0.4, 0.5) is 5.69 Å². The average Bonchev–Trinajstić information content (AvgIpc) is 2.48. The van der Waals surface area contributed by atoms with E-state index < -0.39 is 11.9 Å². The van der Waals surface area contributed by atoms with Gasteiger partial charge in [0.05, 0.1) is 5.92 Å². The molecule has 5 heteroatoms.